The maximum absolute atomic E-state index is 12.6. The summed E-state index contributed by atoms with van der Waals surface area (Å²) in [5.74, 6) is 0. The van der Waals surface area contributed by atoms with Crippen molar-refractivity contribution >= 4 is 67.8 Å². The van der Waals surface area contributed by atoms with Crippen LogP contribution in [-0.4, -0.2) is 16.0 Å². The molecule has 0 aliphatic rings. The quantitative estimate of drug-likeness (QED) is 0.418. The summed E-state index contributed by atoms with van der Waals surface area (Å²) < 4.78 is 26.3. The summed E-state index contributed by atoms with van der Waals surface area (Å²) in [4.78, 5) is 12.9. The lowest BCUT2D eigenvalue weighted by Crippen LogP contribution is -2.10. The smallest absolute Gasteiger partial charge is 0.309 e. The van der Waals surface area contributed by atoms with E-state index in [9.17, 15) is 9.36 Å². The maximum atomic E-state index is 12.6. The summed E-state index contributed by atoms with van der Waals surface area (Å²) in [6.45, 7) is 4.21. The molecule has 2 aromatic heterocycles. The second-order valence-corrected chi connectivity index (χ2v) is 9.24. The van der Waals surface area contributed by atoms with E-state index >= 15 is 0 Å². The molecule has 0 saturated heterocycles. The van der Waals surface area contributed by atoms with Crippen molar-refractivity contribution in [2.75, 3.05) is 13.2 Å². The van der Waals surface area contributed by atoms with Gasteiger partial charge in [0.05, 0.1) is 56.8 Å². The van der Waals surface area contributed by atoms with Crippen molar-refractivity contribution in [1.82, 2.24) is 2.78 Å². The molecule has 21 heavy (non-hydrogen) atoms. The third kappa shape index (κ3) is 3.97. The third-order valence-electron chi connectivity index (χ3n) is 2.65. The molecular formula is C12H14BrINO4PS. The van der Waals surface area contributed by atoms with Crippen molar-refractivity contribution < 1.29 is 13.6 Å². The summed E-state index contributed by atoms with van der Waals surface area (Å²) in [5, 5.41) is 0.610. The Kier molecular flexibility index (Phi) is 6.07. The predicted octanol–water partition coefficient (Wildman–Crippen LogP) is 4.79. The number of nitrogens with zero attached hydrogens (tertiary/aromatic N) is 1. The standard InChI is InChI=1S/C12H14BrINO4PS/c1-3-18-20(17,19-4-2)7-8-5-9-11(21-8)10(13)6-15(14)12(9)16/h5-6H,3-4,7H2,1-2H3. The molecule has 0 aromatic carbocycles. The van der Waals surface area contributed by atoms with Crippen molar-refractivity contribution in [3.8, 4) is 0 Å². The minimum Gasteiger partial charge on any atom is -0.309 e. The van der Waals surface area contributed by atoms with Gasteiger partial charge in [0, 0.05) is 11.1 Å². The number of pyridine rings is 1. The Labute approximate surface area is 148 Å². The topological polar surface area (TPSA) is 57.5 Å². The fourth-order valence-electron chi connectivity index (χ4n) is 1.90. The van der Waals surface area contributed by atoms with Crippen LogP contribution in [0.2, 0.25) is 0 Å². The zero-order chi connectivity index (χ0) is 15.6. The number of thiophene rings is 1. The van der Waals surface area contributed by atoms with Crippen LogP contribution >= 0.6 is 57.7 Å². The Balaban J connectivity index is 2.44. The number of fused-ring (bicyclic) bond motifs is 1. The molecule has 0 amide bonds. The number of aromatic nitrogens is 1. The fourth-order valence-corrected chi connectivity index (χ4v) is 6.58. The van der Waals surface area contributed by atoms with Gasteiger partial charge in [0.2, 0.25) is 0 Å². The molecule has 2 aromatic rings. The molecule has 0 atom stereocenters. The molecule has 2 heterocycles. The molecule has 0 unspecified atom stereocenters. The summed E-state index contributed by atoms with van der Waals surface area (Å²) in [5.41, 5.74) is -0.0843. The number of hydrogen-bond acceptors (Lipinski definition) is 5. The highest BCUT2D eigenvalue weighted by Crippen LogP contribution is 2.52. The van der Waals surface area contributed by atoms with Gasteiger partial charge in [-0.25, -0.2) is 0 Å². The van der Waals surface area contributed by atoms with Gasteiger partial charge in [-0.3, -0.25) is 12.1 Å². The molecule has 0 aliphatic carbocycles. The van der Waals surface area contributed by atoms with Crippen molar-refractivity contribution in [3.63, 3.8) is 0 Å². The van der Waals surface area contributed by atoms with Crippen LogP contribution in [0.5, 0.6) is 0 Å². The van der Waals surface area contributed by atoms with Crippen LogP contribution in [0, 0.1) is 0 Å². The highest BCUT2D eigenvalue weighted by Gasteiger charge is 2.25. The molecule has 0 spiro atoms. The van der Waals surface area contributed by atoms with Crippen LogP contribution in [0.3, 0.4) is 0 Å². The average Bonchev–Trinajstić information content (AvgIpc) is 2.80. The Morgan fingerprint density at radius 2 is 2.00 bits per heavy atom. The van der Waals surface area contributed by atoms with E-state index in [4.69, 9.17) is 9.05 Å². The minimum absolute atomic E-state index is 0.0843. The molecule has 0 saturated carbocycles. The largest absolute Gasteiger partial charge is 0.335 e. The van der Waals surface area contributed by atoms with E-state index in [0.717, 1.165) is 14.0 Å². The molecule has 0 radical (unpaired) electrons. The lowest BCUT2D eigenvalue weighted by atomic mass is 10.3. The monoisotopic (exact) mass is 505 g/mol. The minimum atomic E-state index is -3.15. The van der Waals surface area contributed by atoms with Gasteiger partial charge in [0.15, 0.2) is 0 Å². The van der Waals surface area contributed by atoms with Gasteiger partial charge >= 0.3 is 7.60 Å². The lowest BCUT2D eigenvalue weighted by molar-refractivity contribution is 0.219. The van der Waals surface area contributed by atoms with E-state index in [-0.39, 0.29) is 11.7 Å². The number of rotatable bonds is 6. The first-order valence-corrected chi connectivity index (χ1v) is 10.6. The molecule has 9 heteroatoms. The summed E-state index contributed by atoms with van der Waals surface area (Å²) in [6.07, 6.45) is 1.90. The normalized spacial score (nSPS) is 12.2. The SMILES string of the molecule is CCOP(=O)(Cc1cc2c(=O)n(I)cc(Br)c2s1)OCC. The number of halogens is 2. The van der Waals surface area contributed by atoms with E-state index in [1.54, 1.807) is 26.1 Å². The lowest BCUT2D eigenvalue weighted by Gasteiger charge is -2.15. The van der Waals surface area contributed by atoms with Gasteiger partial charge in [0.1, 0.15) is 0 Å². The van der Waals surface area contributed by atoms with Gasteiger partial charge in [-0.2, -0.15) is 0 Å². The zero-order valence-electron chi connectivity index (χ0n) is 11.5. The first-order chi connectivity index (χ1) is 9.90. The van der Waals surface area contributed by atoms with Crippen molar-refractivity contribution in [3.05, 3.63) is 32.0 Å². The van der Waals surface area contributed by atoms with E-state index in [1.165, 1.54) is 14.1 Å². The van der Waals surface area contributed by atoms with Crippen LogP contribution in [0.15, 0.2) is 21.5 Å². The third-order valence-corrected chi connectivity index (χ3v) is 7.65. The fraction of sp³-hybridized carbons (Fsp3) is 0.417. The Morgan fingerprint density at radius 1 is 1.38 bits per heavy atom. The van der Waals surface area contributed by atoms with E-state index in [2.05, 4.69) is 15.9 Å². The van der Waals surface area contributed by atoms with Crippen molar-refractivity contribution in [2.45, 2.75) is 20.0 Å². The summed E-state index contributed by atoms with van der Waals surface area (Å²) in [7, 11) is -3.15. The second kappa shape index (κ2) is 7.23. The molecular weight excluding hydrogens is 492 g/mol. The average molecular weight is 506 g/mol. The van der Waals surface area contributed by atoms with Gasteiger partial charge in [-0.15, -0.1) is 11.3 Å². The Hall–Kier alpha value is 0.270. The molecule has 0 bridgehead atoms. The number of hydrogen-bond donors (Lipinski definition) is 0. The summed E-state index contributed by atoms with van der Waals surface area (Å²) in [6, 6.07) is 1.77. The molecule has 116 valence electrons. The molecule has 2 rings (SSSR count). The molecule has 0 N–H and O–H groups in total. The van der Waals surface area contributed by atoms with Crippen LogP contribution in [0.4, 0.5) is 0 Å². The van der Waals surface area contributed by atoms with Gasteiger partial charge in [-0.1, -0.05) is 0 Å². The van der Waals surface area contributed by atoms with Crippen LogP contribution < -0.4 is 5.56 Å². The van der Waals surface area contributed by atoms with E-state index < -0.39 is 7.60 Å². The van der Waals surface area contributed by atoms with Crippen LogP contribution in [0.25, 0.3) is 10.1 Å². The van der Waals surface area contributed by atoms with Gasteiger partial charge in [0.25, 0.3) is 5.56 Å². The first-order valence-electron chi connectivity index (χ1n) is 6.28. The predicted molar refractivity (Wildman–Crippen MR) is 97.8 cm³/mol. The highest BCUT2D eigenvalue weighted by atomic mass is 127. The highest BCUT2D eigenvalue weighted by molar-refractivity contribution is 14.1. The maximum Gasteiger partial charge on any atom is 0.335 e. The van der Waals surface area contributed by atoms with E-state index in [0.29, 0.717) is 18.6 Å². The first kappa shape index (κ1) is 17.6. The van der Waals surface area contributed by atoms with Gasteiger partial charge in [-0.05, 0) is 35.8 Å². The van der Waals surface area contributed by atoms with E-state index in [1.807, 2.05) is 22.9 Å². The van der Waals surface area contributed by atoms with Crippen LogP contribution in [-0.2, 0) is 19.8 Å². The van der Waals surface area contributed by atoms with Crippen molar-refractivity contribution in [1.29, 1.82) is 0 Å². The zero-order valence-corrected chi connectivity index (χ0v) is 16.9. The van der Waals surface area contributed by atoms with Crippen molar-refractivity contribution in [2.24, 2.45) is 0 Å². The molecule has 0 aliphatic heterocycles. The van der Waals surface area contributed by atoms with Crippen LogP contribution in [0.1, 0.15) is 18.7 Å². The molecule has 0 fully saturated rings. The summed E-state index contributed by atoms with van der Waals surface area (Å²) >= 11 is 6.82. The molecule has 5 nitrogen and oxygen atoms in total. The second-order valence-electron chi connectivity index (χ2n) is 4.15. The Bertz CT molecular complexity index is 750. The van der Waals surface area contributed by atoms with Gasteiger partial charge < -0.3 is 9.05 Å². The Morgan fingerprint density at radius 3 is 2.57 bits per heavy atom.